The van der Waals surface area contributed by atoms with Gasteiger partial charge in [-0.2, -0.15) is 0 Å². The highest BCUT2D eigenvalue weighted by Gasteiger charge is 2.08. The number of anilines is 1. The summed E-state index contributed by atoms with van der Waals surface area (Å²) in [7, 11) is 0. The predicted molar refractivity (Wildman–Crippen MR) is 83.0 cm³/mol. The molecule has 4 nitrogen and oxygen atoms in total. The van der Waals surface area contributed by atoms with Gasteiger partial charge in [0.15, 0.2) is 0 Å². The number of rotatable bonds is 5. The van der Waals surface area contributed by atoms with Crippen molar-refractivity contribution in [2.24, 2.45) is 0 Å². The third kappa shape index (κ3) is 4.13. The molecular weight excluding hydrogens is 264 g/mol. The van der Waals surface area contributed by atoms with Gasteiger partial charge in [-0.25, -0.2) is 0 Å². The van der Waals surface area contributed by atoms with Crippen molar-refractivity contribution in [1.82, 2.24) is 4.98 Å². The fraction of sp³-hybridized carbons (Fsp3) is 0.294. The molecule has 1 aromatic carbocycles. The van der Waals surface area contributed by atoms with Crippen LogP contribution in [0, 0.1) is 13.8 Å². The molecule has 0 atom stereocenters. The Bertz CT molecular complexity index is 638. The Labute approximate surface area is 124 Å². The van der Waals surface area contributed by atoms with E-state index < -0.39 is 0 Å². The topological polar surface area (TPSA) is 62.2 Å². The van der Waals surface area contributed by atoms with Crippen molar-refractivity contribution in [3.05, 3.63) is 58.9 Å². The molecule has 0 spiro atoms. The zero-order valence-electron chi connectivity index (χ0n) is 12.4. The average molecular weight is 284 g/mol. The highest BCUT2D eigenvalue weighted by atomic mass is 16.3. The average Bonchev–Trinajstić information content (AvgIpc) is 2.47. The lowest BCUT2D eigenvalue weighted by atomic mass is 10.0. The fourth-order valence-corrected chi connectivity index (χ4v) is 2.26. The molecule has 0 saturated heterocycles. The van der Waals surface area contributed by atoms with Crippen LogP contribution in [0.5, 0.6) is 0 Å². The smallest absolute Gasteiger partial charge is 0.224 e. The summed E-state index contributed by atoms with van der Waals surface area (Å²) in [4.78, 5) is 16.0. The number of pyridine rings is 1. The maximum Gasteiger partial charge on any atom is 0.224 e. The van der Waals surface area contributed by atoms with Gasteiger partial charge >= 0.3 is 0 Å². The summed E-state index contributed by atoms with van der Waals surface area (Å²) in [5, 5.41) is 12.0. The van der Waals surface area contributed by atoms with Crippen molar-refractivity contribution in [1.29, 1.82) is 0 Å². The first kappa shape index (κ1) is 15.2. The van der Waals surface area contributed by atoms with E-state index in [9.17, 15) is 9.90 Å². The summed E-state index contributed by atoms with van der Waals surface area (Å²) in [6.07, 6.45) is 4.26. The van der Waals surface area contributed by atoms with Crippen LogP contribution < -0.4 is 5.32 Å². The summed E-state index contributed by atoms with van der Waals surface area (Å²) in [5.41, 5.74) is 4.86. The number of aromatic nitrogens is 1. The molecule has 0 aliphatic carbocycles. The molecule has 2 rings (SSSR count). The van der Waals surface area contributed by atoms with Crippen LogP contribution >= 0.6 is 0 Å². The van der Waals surface area contributed by atoms with Crippen molar-refractivity contribution in [2.75, 3.05) is 5.32 Å². The monoisotopic (exact) mass is 284 g/mol. The summed E-state index contributed by atoms with van der Waals surface area (Å²) >= 11 is 0. The maximum absolute atomic E-state index is 12.0. The van der Waals surface area contributed by atoms with E-state index in [2.05, 4.69) is 42.3 Å². The zero-order valence-corrected chi connectivity index (χ0v) is 12.4. The van der Waals surface area contributed by atoms with Gasteiger partial charge in [0, 0.05) is 18.2 Å². The summed E-state index contributed by atoms with van der Waals surface area (Å²) < 4.78 is 0. The molecule has 0 radical (unpaired) electrons. The molecule has 0 saturated carbocycles. The van der Waals surface area contributed by atoms with E-state index in [1.807, 2.05) is 0 Å². The van der Waals surface area contributed by atoms with Crippen LogP contribution in [-0.4, -0.2) is 16.0 Å². The summed E-state index contributed by atoms with van der Waals surface area (Å²) in [5.74, 6) is -0.0716. The van der Waals surface area contributed by atoms with Crippen LogP contribution in [0.4, 0.5) is 5.69 Å². The third-order valence-electron chi connectivity index (χ3n) is 3.48. The van der Waals surface area contributed by atoms with E-state index in [0.717, 1.165) is 0 Å². The first-order valence-electron chi connectivity index (χ1n) is 7.00. The summed E-state index contributed by atoms with van der Waals surface area (Å²) in [6, 6.07) is 7.95. The second-order valence-corrected chi connectivity index (χ2v) is 5.17. The molecule has 0 aliphatic heterocycles. The van der Waals surface area contributed by atoms with Gasteiger partial charge in [0.05, 0.1) is 18.5 Å². The maximum atomic E-state index is 12.0. The molecule has 0 fully saturated rings. The third-order valence-corrected chi connectivity index (χ3v) is 3.48. The Balaban J connectivity index is 1.96. The molecule has 110 valence electrons. The zero-order chi connectivity index (χ0) is 15.2. The van der Waals surface area contributed by atoms with Crippen molar-refractivity contribution < 1.29 is 9.90 Å². The normalized spacial score (nSPS) is 10.4. The van der Waals surface area contributed by atoms with E-state index in [1.165, 1.54) is 16.7 Å². The molecule has 1 amide bonds. The lowest BCUT2D eigenvalue weighted by molar-refractivity contribution is -0.116. The van der Waals surface area contributed by atoms with E-state index in [0.29, 0.717) is 24.1 Å². The molecule has 0 bridgehead atoms. The van der Waals surface area contributed by atoms with Crippen LogP contribution in [0.1, 0.15) is 28.7 Å². The molecule has 0 aliphatic rings. The van der Waals surface area contributed by atoms with Gasteiger partial charge in [-0.15, -0.1) is 0 Å². The van der Waals surface area contributed by atoms with Gasteiger partial charge in [0.25, 0.3) is 0 Å². The number of hydrogen-bond donors (Lipinski definition) is 2. The number of hydrogen-bond acceptors (Lipinski definition) is 3. The number of aliphatic hydroxyl groups excluding tert-OH is 1. The van der Waals surface area contributed by atoms with Crippen molar-refractivity contribution in [3.8, 4) is 0 Å². The second-order valence-electron chi connectivity index (χ2n) is 5.17. The molecule has 0 unspecified atom stereocenters. The van der Waals surface area contributed by atoms with Crippen LogP contribution in [0.15, 0.2) is 36.7 Å². The lowest BCUT2D eigenvalue weighted by Gasteiger charge is -2.10. The molecule has 4 heteroatoms. The van der Waals surface area contributed by atoms with E-state index in [-0.39, 0.29) is 12.5 Å². The first-order chi connectivity index (χ1) is 10.1. The minimum atomic E-state index is -0.116. The fourth-order valence-electron chi connectivity index (χ4n) is 2.26. The van der Waals surface area contributed by atoms with Gasteiger partial charge < -0.3 is 10.4 Å². The number of amides is 1. The van der Waals surface area contributed by atoms with E-state index in [1.54, 1.807) is 18.5 Å². The number of nitrogens with one attached hydrogen (secondary N) is 1. The van der Waals surface area contributed by atoms with Gasteiger partial charge in [0.2, 0.25) is 5.91 Å². The van der Waals surface area contributed by atoms with E-state index in [4.69, 9.17) is 0 Å². The lowest BCUT2D eigenvalue weighted by Crippen LogP contribution is -2.14. The number of aliphatic hydroxyl groups is 1. The Morgan fingerprint density at radius 2 is 2.05 bits per heavy atom. The quantitative estimate of drug-likeness (QED) is 0.887. The van der Waals surface area contributed by atoms with Gasteiger partial charge in [0.1, 0.15) is 0 Å². The van der Waals surface area contributed by atoms with Crippen molar-refractivity contribution in [3.63, 3.8) is 0 Å². The molecule has 2 N–H and O–H groups in total. The van der Waals surface area contributed by atoms with Crippen LogP contribution in [0.25, 0.3) is 0 Å². The molecule has 21 heavy (non-hydrogen) atoms. The van der Waals surface area contributed by atoms with Crippen LogP contribution in [0.3, 0.4) is 0 Å². The van der Waals surface area contributed by atoms with Gasteiger partial charge in [-0.3, -0.25) is 9.78 Å². The Morgan fingerprint density at radius 3 is 2.76 bits per heavy atom. The van der Waals surface area contributed by atoms with Gasteiger partial charge in [-0.05, 0) is 37.5 Å². The number of aryl methyl sites for hydroxylation is 3. The van der Waals surface area contributed by atoms with Crippen LogP contribution in [-0.2, 0) is 17.8 Å². The van der Waals surface area contributed by atoms with Crippen LogP contribution in [0.2, 0.25) is 0 Å². The molecule has 1 heterocycles. The molecule has 1 aromatic heterocycles. The Hall–Kier alpha value is -2.20. The van der Waals surface area contributed by atoms with Crippen molar-refractivity contribution in [2.45, 2.75) is 33.3 Å². The number of carbonyl (C=O) groups excluding carboxylic acids is 1. The number of nitrogens with zero attached hydrogens (tertiary/aromatic N) is 1. The predicted octanol–water partition coefficient (Wildman–Crippen LogP) is 2.76. The second kappa shape index (κ2) is 6.99. The highest BCUT2D eigenvalue weighted by Crippen LogP contribution is 2.15. The minimum Gasteiger partial charge on any atom is -0.392 e. The molecular formula is C17H20N2O2. The highest BCUT2D eigenvalue weighted by molar-refractivity contribution is 5.91. The standard InChI is InChI=1S/C17H20N2O2/c1-12-3-4-14(13(2)9-12)5-6-17(21)19-16-10-18-8-7-15(16)11-20/h3-4,7-10,20H,5-6,11H2,1-2H3,(H,19,21). The Morgan fingerprint density at radius 1 is 1.24 bits per heavy atom. The van der Waals surface area contributed by atoms with Gasteiger partial charge in [-0.1, -0.05) is 23.8 Å². The minimum absolute atomic E-state index is 0.0716. The largest absolute Gasteiger partial charge is 0.392 e. The Kier molecular flexibility index (Phi) is 5.06. The number of carbonyl (C=O) groups is 1. The molecule has 2 aromatic rings. The van der Waals surface area contributed by atoms with E-state index >= 15 is 0 Å². The first-order valence-corrected chi connectivity index (χ1v) is 7.00. The number of benzene rings is 1. The SMILES string of the molecule is Cc1ccc(CCC(=O)Nc2cnccc2CO)c(C)c1. The summed E-state index contributed by atoms with van der Waals surface area (Å²) in [6.45, 7) is 4.00. The van der Waals surface area contributed by atoms with Crippen molar-refractivity contribution >= 4 is 11.6 Å².